The number of carbonyl (C=O) groups excluding carboxylic acids is 3. The fourth-order valence-electron chi connectivity index (χ4n) is 6.82. The topological polar surface area (TPSA) is 147 Å². The number of aromatic hydroxyl groups is 1. The van der Waals surface area contributed by atoms with Crippen molar-refractivity contribution in [3.63, 3.8) is 0 Å². The van der Waals surface area contributed by atoms with Crippen LogP contribution >= 0.6 is 11.6 Å². The zero-order chi connectivity index (χ0) is 37.0. The van der Waals surface area contributed by atoms with Crippen LogP contribution in [0.2, 0.25) is 5.02 Å². The summed E-state index contributed by atoms with van der Waals surface area (Å²) >= 11 is 6.17. The van der Waals surface area contributed by atoms with Gasteiger partial charge in [0.25, 0.3) is 5.91 Å². The number of hydrogen-bond donors (Lipinski definition) is 3. The third-order valence-corrected chi connectivity index (χ3v) is 9.79. The minimum Gasteiger partial charge on any atom is -0.507 e. The number of anilines is 1. The SMILES string of the molecule is Cn1cc(C#Cc2ccc(NC(=O)[C@@H]3COC4(CCOCC4)N3C(=O)[C@H](NC(=O)N3CCOCC3)c3ccccc3)cc2)c(-c2cc(Cl)ccc2O)n1. The zero-order valence-electron chi connectivity index (χ0n) is 29.1. The van der Waals surface area contributed by atoms with Crippen molar-refractivity contribution in [3.8, 4) is 28.8 Å². The predicted molar refractivity (Wildman–Crippen MR) is 196 cm³/mol. The number of aryl methyl sites for hydroxylation is 1. The lowest BCUT2D eigenvalue weighted by Crippen LogP contribution is -2.60. The molecule has 3 saturated heterocycles. The number of morpholine rings is 1. The van der Waals surface area contributed by atoms with Gasteiger partial charge in [-0.25, -0.2) is 4.79 Å². The van der Waals surface area contributed by atoms with Crippen LogP contribution in [-0.2, 0) is 30.8 Å². The van der Waals surface area contributed by atoms with Crippen molar-refractivity contribution in [3.05, 3.63) is 101 Å². The normalized spacial score (nSPS) is 18.6. The zero-order valence-corrected chi connectivity index (χ0v) is 29.8. The molecule has 3 N–H and O–H groups in total. The number of amides is 4. The van der Waals surface area contributed by atoms with Crippen LogP contribution in [0.3, 0.4) is 0 Å². The van der Waals surface area contributed by atoms with Crippen LogP contribution in [-0.4, -0.2) is 100 Å². The summed E-state index contributed by atoms with van der Waals surface area (Å²) in [5, 5.41) is 21.3. The molecule has 2 atom stereocenters. The van der Waals surface area contributed by atoms with Gasteiger partial charge in [0, 0.05) is 61.0 Å². The highest BCUT2D eigenvalue weighted by Crippen LogP contribution is 2.39. The molecule has 0 saturated carbocycles. The molecule has 3 aromatic carbocycles. The van der Waals surface area contributed by atoms with Crippen molar-refractivity contribution >= 4 is 35.1 Å². The number of carbonyl (C=O) groups is 3. The number of rotatable bonds is 6. The van der Waals surface area contributed by atoms with Gasteiger partial charge in [-0.15, -0.1) is 0 Å². The first kappa shape index (κ1) is 36.0. The molecule has 7 rings (SSSR count). The molecule has 0 aliphatic carbocycles. The predicted octanol–water partition coefficient (Wildman–Crippen LogP) is 4.30. The number of phenolic OH excluding ortho intramolecular Hbond substituents is 1. The van der Waals surface area contributed by atoms with E-state index in [9.17, 15) is 19.5 Å². The Bertz CT molecular complexity index is 2030. The molecular formula is C39H39ClN6O7. The van der Waals surface area contributed by atoms with Crippen molar-refractivity contribution in [1.82, 2.24) is 24.9 Å². The van der Waals surface area contributed by atoms with E-state index in [1.165, 1.54) is 11.0 Å². The molecule has 13 nitrogen and oxygen atoms in total. The molecule has 0 unspecified atom stereocenters. The van der Waals surface area contributed by atoms with E-state index in [1.807, 2.05) is 6.07 Å². The Morgan fingerprint density at radius 2 is 1.68 bits per heavy atom. The first-order chi connectivity index (χ1) is 25.7. The highest BCUT2D eigenvalue weighted by Gasteiger charge is 2.54. The van der Waals surface area contributed by atoms with Crippen molar-refractivity contribution in [1.29, 1.82) is 0 Å². The number of phenols is 1. The second kappa shape index (κ2) is 15.7. The Morgan fingerprint density at radius 3 is 2.42 bits per heavy atom. The maximum atomic E-state index is 14.7. The molecule has 1 aromatic heterocycles. The summed E-state index contributed by atoms with van der Waals surface area (Å²) in [4.78, 5) is 45.3. The number of nitrogens with one attached hydrogen (secondary N) is 2. The molecule has 0 radical (unpaired) electrons. The lowest BCUT2D eigenvalue weighted by molar-refractivity contribution is -0.172. The van der Waals surface area contributed by atoms with E-state index >= 15 is 0 Å². The first-order valence-electron chi connectivity index (χ1n) is 17.4. The summed E-state index contributed by atoms with van der Waals surface area (Å²) in [6.45, 7) is 2.34. The quantitative estimate of drug-likeness (QED) is 0.248. The van der Waals surface area contributed by atoms with E-state index in [-0.39, 0.29) is 18.4 Å². The van der Waals surface area contributed by atoms with E-state index < -0.39 is 29.6 Å². The van der Waals surface area contributed by atoms with Gasteiger partial charge in [-0.1, -0.05) is 53.8 Å². The molecule has 0 bridgehead atoms. The van der Waals surface area contributed by atoms with Crippen LogP contribution in [0.1, 0.15) is 35.6 Å². The Balaban J connectivity index is 1.11. The highest BCUT2D eigenvalue weighted by molar-refractivity contribution is 6.31. The minimum absolute atomic E-state index is 0.0182. The fourth-order valence-corrected chi connectivity index (χ4v) is 6.99. The average molecular weight is 739 g/mol. The van der Waals surface area contributed by atoms with Crippen LogP contribution in [0.25, 0.3) is 11.3 Å². The average Bonchev–Trinajstić information content (AvgIpc) is 3.74. The fraction of sp³-hybridized carbons (Fsp3) is 0.333. The molecule has 3 aliphatic heterocycles. The van der Waals surface area contributed by atoms with E-state index in [4.69, 9.17) is 25.8 Å². The molecule has 4 amide bonds. The lowest BCUT2D eigenvalue weighted by Gasteiger charge is -2.42. The smallest absolute Gasteiger partial charge is 0.318 e. The molecule has 1 spiro atoms. The number of nitrogens with zero attached hydrogens (tertiary/aromatic N) is 4. The Hall–Kier alpha value is -5.39. The van der Waals surface area contributed by atoms with Gasteiger partial charge in [0.05, 0.1) is 38.6 Å². The third kappa shape index (κ3) is 7.86. The van der Waals surface area contributed by atoms with Crippen molar-refractivity contribution < 1.29 is 33.7 Å². The maximum Gasteiger partial charge on any atom is 0.318 e. The van der Waals surface area contributed by atoms with E-state index in [0.717, 1.165) is 0 Å². The van der Waals surface area contributed by atoms with Gasteiger partial charge < -0.3 is 34.9 Å². The molecule has 3 aliphatic rings. The van der Waals surface area contributed by atoms with Crippen molar-refractivity contribution in [2.24, 2.45) is 7.05 Å². The molecule has 274 valence electrons. The van der Waals surface area contributed by atoms with Crippen LogP contribution in [0.15, 0.2) is 79.0 Å². The molecule has 14 heteroatoms. The van der Waals surface area contributed by atoms with Crippen molar-refractivity contribution in [2.45, 2.75) is 30.7 Å². The summed E-state index contributed by atoms with van der Waals surface area (Å²) in [5.74, 6) is 5.43. The van der Waals surface area contributed by atoms with Gasteiger partial charge in [0.1, 0.15) is 29.3 Å². The summed E-state index contributed by atoms with van der Waals surface area (Å²) in [6, 6.07) is 18.4. The lowest BCUT2D eigenvalue weighted by atomic mass is 9.97. The summed E-state index contributed by atoms with van der Waals surface area (Å²) < 4.78 is 19.0. The minimum atomic E-state index is -1.07. The number of halogens is 1. The Morgan fingerprint density at radius 1 is 0.962 bits per heavy atom. The van der Waals surface area contributed by atoms with Crippen LogP contribution in [0.4, 0.5) is 10.5 Å². The van der Waals surface area contributed by atoms with Crippen LogP contribution in [0, 0.1) is 11.8 Å². The number of aromatic nitrogens is 2. The van der Waals surface area contributed by atoms with Gasteiger partial charge >= 0.3 is 6.03 Å². The van der Waals surface area contributed by atoms with E-state index in [2.05, 4.69) is 27.6 Å². The number of hydrogen-bond acceptors (Lipinski definition) is 8. The van der Waals surface area contributed by atoms with E-state index in [0.29, 0.717) is 91.0 Å². The van der Waals surface area contributed by atoms with E-state index in [1.54, 1.807) is 83.5 Å². The summed E-state index contributed by atoms with van der Waals surface area (Å²) in [6.07, 6.45) is 2.52. The van der Waals surface area contributed by atoms with Gasteiger partial charge in [-0.05, 0) is 48.0 Å². The largest absolute Gasteiger partial charge is 0.507 e. The Kier molecular flexibility index (Phi) is 10.7. The van der Waals surface area contributed by atoms with Gasteiger partial charge in [-0.2, -0.15) is 5.10 Å². The summed E-state index contributed by atoms with van der Waals surface area (Å²) in [5.41, 5.74) is 2.28. The highest BCUT2D eigenvalue weighted by atomic mass is 35.5. The second-order valence-corrected chi connectivity index (χ2v) is 13.5. The standard InChI is InChI=1S/C39H39ClN6O7/c1-44-24-28(34(43-44)31-23-29(40)11-14-33(31)47)10-7-26-8-12-30(13-9-26)41-36(48)32-25-53-39(15-19-51-20-16-39)46(32)37(49)35(27-5-3-2-4-6-27)42-38(50)45-17-21-52-22-18-45/h2-6,8-9,11-14,23-24,32,35,47H,15-22,25H2,1H3,(H,41,48)(H,42,50)/t32-,35+/m0/s1. The molecule has 3 fully saturated rings. The number of benzene rings is 3. The maximum absolute atomic E-state index is 14.7. The number of urea groups is 1. The molecular weight excluding hydrogens is 700 g/mol. The van der Waals surface area contributed by atoms with Gasteiger partial charge in [0.15, 0.2) is 0 Å². The summed E-state index contributed by atoms with van der Waals surface area (Å²) in [7, 11) is 1.77. The van der Waals surface area contributed by atoms with Crippen molar-refractivity contribution in [2.75, 3.05) is 51.4 Å². The molecule has 4 heterocycles. The third-order valence-electron chi connectivity index (χ3n) is 9.56. The van der Waals surface area contributed by atoms with Gasteiger partial charge in [-0.3, -0.25) is 19.2 Å². The molecule has 4 aromatic rings. The number of ether oxygens (including phenoxy) is 3. The first-order valence-corrected chi connectivity index (χ1v) is 17.8. The van der Waals surface area contributed by atoms with Gasteiger partial charge in [0.2, 0.25) is 5.91 Å². The van der Waals surface area contributed by atoms with Crippen LogP contribution in [0.5, 0.6) is 5.75 Å². The molecule has 53 heavy (non-hydrogen) atoms. The monoisotopic (exact) mass is 738 g/mol. The van der Waals surface area contributed by atoms with Crippen LogP contribution < -0.4 is 10.6 Å². The Labute approximate surface area is 311 Å². The second-order valence-electron chi connectivity index (χ2n) is 13.0.